The minimum absolute atomic E-state index is 0.185. The Kier molecular flexibility index (Phi) is 7.53. The highest BCUT2D eigenvalue weighted by molar-refractivity contribution is 8.16. The van der Waals surface area contributed by atoms with Crippen LogP contribution in [0.5, 0.6) is 0 Å². The van der Waals surface area contributed by atoms with Gasteiger partial charge in [0.25, 0.3) is 5.91 Å². The number of thioether (sulfide) groups is 2. The van der Waals surface area contributed by atoms with E-state index in [1.54, 1.807) is 12.1 Å². The lowest BCUT2D eigenvalue weighted by molar-refractivity contribution is -0.125. The molecule has 1 saturated heterocycles. The standard InChI is InChI=1S/C21H29NO3S2/c1-14-5-3-6-18(15(14)2)22-19(23)13-25-20(24)16-7-9-17(10-8-16)21-26-11-4-12-27-21/h7-10,14-15,18,21H,3-6,11-13H2,1-2H3,(H,22,23)/t14-,15-,18-/m1/s1. The number of amides is 1. The van der Waals surface area contributed by atoms with Crippen LogP contribution in [0.2, 0.25) is 0 Å². The van der Waals surface area contributed by atoms with Crippen LogP contribution in [0.25, 0.3) is 0 Å². The highest BCUT2D eigenvalue weighted by Gasteiger charge is 2.28. The van der Waals surface area contributed by atoms with E-state index >= 15 is 0 Å². The van der Waals surface area contributed by atoms with E-state index < -0.39 is 5.97 Å². The highest BCUT2D eigenvalue weighted by Crippen LogP contribution is 2.43. The number of esters is 1. The maximum Gasteiger partial charge on any atom is 0.338 e. The second-order valence-electron chi connectivity index (χ2n) is 7.57. The number of hydrogen-bond donors (Lipinski definition) is 1. The molecular formula is C21H29NO3S2. The summed E-state index contributed by atoms with van der Waals surface area (Å²) in [7, 11) is 0. The summed E-state index contributed by atoms with van der Waals surface area (Å²) in [6, 6.07) is 7.78. The molecule has 2 aliphatic rings. The summed E-state index contributed by atoms with van der Waals surface area (Å²) in [6.45, 7) is 4.20. The first-order chi connectivity index (χ1) is 13.0. The van der Waals surface area contributed by atoms with Crippen LogP contribution in [0.15, 0.2) is 24.3 Å². The minimum atomic E-state index is -0.439. The third kappa shape index (κ3) is 5.67. The van der Waals surface area contributed by atoms with Gasteiger partial charge in [0, 0.05) is 6.04 Å². The number of benzene rings is 1. The van der Waals surface area contributed by atoms with Crippen molar-refractivity contribution in [1.29, 1.82) is 0 Å². The maximum atomic E-state index is 12.2. The van der Waals surface area contributed by atoms with Crippen molar-refractivity contribution in [3.05, 3.63) is 35.4 Å². The van der Waals surface area contributed by atoms with E-state index in [9.17, 15) is 9.59 Å². The second kappa shape index (κ2) is 9.87. The number of carbonyl (C=O) groups excluding carboxylic acids is 2. The van der Waals surface area contributed by atoms with Gasteiger partial charge in [0.1, 0.15) is 0 Å². The molecule has 0 aromatic heterocycles. The molecule has 1 amide bonds. The Morgan fingerprint density at radius 2 is 1.78 bits per heavy atom. The molecular weight excluding hydrogens is 378 g/mol. The molecule has 0 spiro atoms. The molecule has 0 bridgehead atoms. The first-order valence-corrected chi connectivity index (χ1v) is 11.9. The van der Waals surface area contributed by atoms with E-state index in [1.165, 1.54) is 29.9 Å². The molecule has 3 rings (SSSR count). The predicted octanol–water partition coefficient (Wildman–Crippen LogP) is 4.65. The van der Waals surface area contributed by atoms with Gasteiger partial charge in [-0.2, -0.15) is 0 Å². The van der Waals surface area contributed by atoms with Crippen molar-refractivity contribution < 1.29 is 14.3 Å². The van der Waals surface area contributed by atoms with Gasteiger partial charge in [-0.05, 0) is 53.9 Å². The quantitative estimate of drug-likeness (QED) is 0.720. The zero-order valence-electron chi connectivity index (χ0n) is 16.1. The molecule has 1 saturated carbocycles. The van der Waals surface area contributed by atoms with Crippen molar-refractivity contribution >= 4 is 35.4 Å². The SMILES string of the molecule is C[C@@H]1[C@H](C)CCC[C@H]1NC(=O)COC(=O)c1ccc(C2SCCCS2)cc1. The molecule has 1 aliphatic heterocycles. The Morgan fingerprint density at radius 1 is 1.07 bits per heavy atom. The molecule has 1 N–H and O–H groups in total. The van der Waals surface area contributed by atoms with E-state index in [0.717, 1.165) is 12.8 Å². The average Bonchev–Trinajstić information content (AvgIpc) is 2.70. The summed E-state index contributed by atoms with van der Waals surface area (Å²) < 4.78 is 5.67. The van der Waals surface area contributed by atoms with Crippen LogP contribution in [0.3, 0.4) is 0 Å². The van der Waals surface area contributed by atoms with Crippen molar-refractivity contribution in [3.8, 4) is 0 Å². The molecule has 0 radical (unpaired) electrons. The lowest BCUT2D eigenvalue weighted by Gasteiger charge is -2.34. The Hall–Kier alpha value is -1.14. The summed E-state index contributed by atoms with van der Waals surface area (Å²) in [6.07, 6.45) is 4.62. The number of carbonyl (C=O) groups is 2. The Balaban J connectivity index is 1.46. The average molecular weight is 408 g/mol. The van der Waals surface area contributed by atoms with Crippen LogP contribution < -0.4 is 5.32 Å². The van der Waals surface area contributed by atoms with Gasteiger partial charge < -0.3 is 10.1 Å². The molecule has 1 aromatic rings. The lowest BCUT2D eigenvalue weighted by atomic mass is 9.78. The maximum absolute atomic E-state index is 12.2. The fraction of sp³-hybridized carbons (Fsp3) is 0.619. The van der Waals surface area contributed by atoms with Crippen LogP contribution in [0.1, 0.15) is 60.0 Å². The number of nitrogens with one attached hydrogen (secondary N) is 1. The molecule has 1 heterocycles. The molecule has 27 heavy (non-hydrogen) atoms. The monoisotopic (exact) mass is 407 g/mol. The van der Waals surface area contributed by atoms with Gasteiger partial charge in [-0.15, -0.1) is 23.5 Å². The van der Waals surface area contributed by atoms with Gasteiger partial charge in [0.15, 0.2) is 6.61 Å². The molecule has 0 unspecified atom stereocenters. The van der Waals surface area contributed by atoms with Crippen molar-refractivity contribution in [1.82, 2.24) is 5.32 Å². The zero-order valence-corrected chi connectivity index (χ0v) is 17.7. The van der Waals surface area contributed by atoms with E-state index in [1.807, 2.05) is 35.7 Å². The molecule has 4 nitrogen and oxygen atoms in total. The lowest BCUT2D eigenvalue weighted by Crippen LogP contribution is -2.45. The number of ether oxygens (including phenoxy) is 1. The van der Waals surface area contributed by atoms with E-state index in [0.29, 0.717) is 22.0 Å². The Morgan fingerprint density at radius 3 is 2.48 bits per heavy atom. The predicted molar refractivity (Wildman–Crippen MR) is 113 cm³/mol. The van der Waals surface area contributed by atoms with Gasteiger partial charge in [0.2, 0.25) is 0 Å². The summed E-state index contributed by atoms with van der Waals surface area (Å²) in [5.74, 6) is 2.81. The van der Waals surface area contributed by atoms with Gasteiger partial charge in [0.05, 0.1) is 10.1 Å². The normalized spacial score (nSPS) is 26.4. The fourth-order valence-corrected chi connectivity index (χ4v) is 6.60. The topological polar surface area (TPSA) is 55.4 Å². The van der Waals surface area contributed by atoms with Crippen molar-refractivity contribution in [3.63, 3.8) is 0 Å². The number of hydrogen-bond acceptors (Lipinski definition) is 5. The Bertz CT molecular complexity index is 643. The molecule has 148 valence electrons. The summed E-state index contributed by atoms with van der Waals surface area (Å²) >= 11 is 3.91. The van der Waals surface area contributed by atoms with Crippen molar-refractivity contribution in [2.24, 2.45) is 11.8 Å². The van der Waals surface area contributed by atoms with Crippen molar-refractivity contribution in [2.75, 3.05) is 18.1 Å². The minimum Gasteiger partial charge on any atom is -0.452 e. The van der Waals surface area contributed by atoms with Crippen LogP contribution in [-0.4, -0.2) is 36.0 Å². The molecule has 1 aromatic carbocycles. The van der Waals surface area contributed by atoms with Gasteiger partial charge in [-0.3, -0.25) is 4.79 Å². The molecule has 6 heteroatoms. The highest BCUT2D eigenvalue weighted by atomic mass is 32.2. The third-order valence-corrected chi connectivity index (χ3v) is 8.65. The summed E-state index contributed by atoms with van der Waals surface area (Å²) in [5, 5.41) is 3.04. The van der Waals surface area contributed by atoms with E-state index in [2.05, 4.69) is 19.2 Å². The second-order valence-corrected chi connectivity index (χ2v) is 10.3. The van der Waals surface area contributed by atoms with Gasteiger partial charge in [-0.1, -0.05) is 38.8 Å². The molecule has 1 aliphatic carbocycles. The smallest absolute Gasteiger partial charge is 0.338 e. The van der Waals surface area contributed by atoms with Crippen molar-refractivity contribution in [2.45, 2.75) is 50.2 Å². The van der Waals surface area contributed by atoms with Crippen LogP contribution in [0.4, 0.5) is 0 Å². The molecule has 3 atom stereocenters. The molecule has 2 fully saturated rings. The summed E-state index contributed by atoms with van der Waals surface area (Å²) in [4.78, 5) is 24.4. The van der Waals surface area contributed by atoms with E-state index in [-0.39, 0.29) is 18.6 Å². The fourth-order valence-electron chi connectivity index (χ4n) is 3.71. The largest absolute Gasteiger partial charge is 0.452 e. The first-order valence-electron chi connectivity index (χ1n) is 9.84. The van der Waals surface area contributed by atoms with Gasteiger partial charge in [-0.25, -0.2) is 4.79 Å². The Labute approximate surface area is 170 Å². The number of rotatable bonds is 5. The van der Waals surface area contributed by atoms with Crippen LogP contribution in [0, 0.1) is 11.8 Å². The zero-order chi connectivity index (χ0) is 19.2. The summed E-state index contributed by atoms with van der Waals surface area (Å²) in [5.41, 5.74) is 1.73. The van der Waals surface area contributed by atoms with Gasteiger partial charge >= 0.3 is 5.97 Å². The van der Waals surface area contributed by atoms with E-state index in [4.69, 9.17) is 4.74 Å². The van der Waals surface area contributed by atoms with Crippen LogP contribution in [-0.2, 0) is 9.53 Å². The van der Waals surface area contributed by atoms with Crippen LogP contribution >= 0.6 is 23.5 Å². The third-order valence-electron chi connectivity index (χ3n) is 5.63. The first kappa shape index (κ1) is 20.6.